The van der Waals surface area contributed by atoms with E-state index in [-0.39, 0.29) is 6.61 Å². The molecular weight excluding hydrogens is 296 g/mol. The summed E-state index contributed by atoms with van der Waals surface area (Å²) in [5.74, 6) is -0.492. The Morgan fingerprint density at radius 3 is 2.43 bits per heavy atom. The summed E-state index contributed by atoms with van der Waals surface area (Å²) in [6, 6.07) is 8.59. The molecule has 1 unspecified atom stereocenters. The van der Waals surface area contributed by atoms with Crippen molar-refractivity contribution in [1.82, 2.24) is 5.32 Å². The summed E-state index contributed by atoms with van der Waals surface area (Å²) in [6.07, 6.45) is 0.362. The molecule has 6 heteroatoms. The van der Waals surface area contributed by atoms with Crippen LogP contribution < -0.4 is 11.1 Å². The minimum absolute atomic E-state index is 0.162. The Morgan fingerprint density at radius 1 is 1.22 bits per heavy atom. The van der Waals surface area contributed by atoms with Gasteiger partial charge in [0, 0.05) is 0 Å². The van der Waals surface area contributed by atoms with Crippen molar-refractivity contribution in [3.05, 3.63) is 35.9 Å². The maximum atomic E-state index is 12.2. The van der Waals surface area contributed by atoms with E-state index in [9.17, 15) is 9.59 Å². The van der Waals surface area contributed by atoms with Crippen LogP contribution in [0.1, 0.15) is 39.2 Å². The number of benzene rings is 1. The van der Waals surface area contributed by atoms with Crippen LogP contribution in [0.4, 0.5) is 4.79 Å². The lowest BCUT2D eigenvalue weighted by Gasteiger charge is -2.23. The zero-order valence-corrected chi connectivity index (χ0v) is 14.0. The van der Waals surface area contributed by atoms with Gasteiger partial charge in [0.15, 0.2) is 0 Å². The lowest BCUT2D eigenvalue weighted by atomic mass is 10.1. The van der Waals surface area contributed by atoms with Crippen LogP contribution in [0.2, 0.25) is 0 Å². The topological polar surface area (TPSA) is 90.6 Å². The van der Waals surface area contributed by atoms with E-state index in [0.717, 1.165) is 5.56 Å². The molecule has 0 saturated carbocycles. The van der Waals surface area contributed by atoms with Crippen molar-refractivity contribution in [2.24, 2.45) is 5.73 Å². The van der Waals surface area contributed by atoms with Crippen LogP contribution in [0.5, 0.6) is 0 Å². The maximum Gasteiger partial charge on any atom is 0.408 e. The molecule has 6 nitrogen and oxygen atoms in total. The number of carbonyl (C=O) groups excluding carboxylic acids is 2. The second kappa shape index (κ2) is 9.15. The van der Waals surface area contributed by atoms with Crippen molar-refractivity contribution in [3.8, 4) is 0 Å². The minimum Gasteiger partial charge on any atom is -0.459 e. The maximum absolute atomic E-state index is 12.2. The molecule has 0 spiro atoms. The predicted molar refractivity (Wildman–Crippen MR) is 87.7 cm³/mol. The standard InChI is InChI=1S/C17H26N2O4/c1-17(2,3)23-16(21)19-14(10-7-11-18)15(20)22-12-13-8-5-4-6-9-13/h4-6,8-9,14H,7,10-12,18H2,1-3H3,(H,19,21). The average molecular weight is 322 g/mol. The van der Waals surface area contributed by atoms with E-state index in [1.807, 2.05) is 30.3 Å². The number of amides is 1. The van der Waals surface area contributed by atoms with Crippen LogP contribution in [0.25, 0.3) is 0 Å². The van der Waals surface area contributed by atoms with Crippen LogP contribution >= 0.6 is 0 Å². The highest BCUT2D eigenvalue weighted by molar-refractivity contribution is 5.81. The number of carbonyl (C=O) groups is 2. The number of nitrogens with two attached hydrogens (primary N) is 1. The van der Waals surface area contributed by atoms with E-state index >= 15 is 0 Å². The van der Waals surface area contributed by atoms with Gasteiger partial charge in [-0.3, -0.25) is 0 Å². The Labute approximate surface area is 137 Å². The number of hydrogen-bond donors (Lipinski definition) is 2. The van der Waals surface area contributed by atoms with Crippen LogP contribution in [0, 0.1) is 0 Å². The zero-order chi connectivity index (χ0) is 17.3. The van der Waals surface area contributed by atoms with Gasteiger partial charge in [-0.15, -0.1) is 0 Å². The first-order valence-electron chi connectivity index (χ1n) is 7.72. The number of rotatable bonds is 7. The Morgan fingerprint density at radius 2 is 1.87 bits per heavy atom. The molecule has 0 fully saturated rings. The fraction of sp³-hybridized carbons (Fsp3) is 0.529. The third-order valence-electron chi connectivity index (χ3n) is 2.90. The van der Waals surface area contributed by atoms with Crippen molar-refractivity contribution in [3.63, 3.8) is 0 Å². The minimum atomic E-state index is -0.767. The molecule has 0 saturated heterocycles. The van der Waals surface area contributed by atoms with Gasteiger partial charge in [0.2, 0.25) is 0 Å². The molecule has 0 aliphatic rings. The highest BCUT2D eigenvalue weighted by atomic mass is 16.6. The van der Waals surface area contributed by atoms with Crippen LogP contribution in [-0.2, 0) is 20.9 Å². The van der Waals surface area contributed by atoms with E-state index in [1.165, 1.54) is 0 Å². The highest BCUT2D eigenvalue weighted by Gasteiger charge is 2.25. The molecule has 1 rings (SSSR count). The lowest BCUT2D eigenvalue weighted by Crippen LogP contribution is -2.44. The van der Waals surface area contributed by atoms with Gasteiger partial charge in [0.05, 0.1) is 0 Å². The molecule has 1 amide bonds. The molecule has 0 aliphatic heterocycles. The fourth-order valence-electron chi connectivity index (χ4n) is 1.85. The molecule has 0 heterocycles. The number of alkyl carbamates (subject to hydrolysis) is 1. The first-order chi connectivity index (χ1) is 10.8. The van der Waals surface area contributed by atoms with E-state index in [2.05, 4.69) is 5.32 Å². The fourth-order valence-corrected chi connectivity index (χ4v) is 1.85. The quantitative estimate of drug-likeness (QED) is 0.752. The molecular formula is C17H26N2O4. The highest BCUT2D eigenvalue weighted by Crippen LogP contribution is 2.09. The van der Waals surface area contributed by atoms with Crippen molar-refractivity contribution in [1.29, 1.82) is 0 Å². The first-order valence-corrected chi connectivity index (χ1v) is 7.72. The van der Waals surface area contributed by atoms with E-state index in [4.69, 9.17) is 15.2 Å². The molecule has 128 valence electrons. The average Bonchev–Trinajstić information content (AvgIpc) is 2.48. The summed E-state index contributed by atoms with van der Waals surface area (Å²) in [4.78, 5) is 24.0. The van der Waals surface area contributed by atoms with E-state index in [1.54, 1.807) is 20.8 Å². The molecule has 3 N–H and O–H groups in total. The summed E-state index contributed by atoms with van der Waals surface area (Å²) < 4.78 is 10.4. The van der Waals surface area contributed by atoms with Gasteiger partial charge in [-0.05, 0) is 45.7 Å². The van der Waals surface area contributed by atoms with Crippen LogP contribution in [0.15, 0.2) is 30.3 Å². The molecule has 1 aromatic carbocycles. The number of nitrogens with one attached hydrogen (secondary N) is 1. The van der Waals surface area contributed by atoms with Gasteiger partial charge >= 0.3 is 12.1 Å². The SMILES string of the molecule is CC(C)(C)OC(=O)NC(CCCN)C(=O)OCc1ccccc1. The first kappa shape index (κ1) is 19.0. The van der Waals surface area contributed by atoms with Gasteiger partial charge in [-0.25, -0.2) is 9.59 Å². The van der Waals surface area contributed by atoms with Crippen molar-refractivity contribution >= 4 is 12.1 Å². The molecule has 1 atom stereocenters. The summed E-state index contributed by atoms with van der Waals surface area (Å²) in [7, 11) is 0. The zero-order valence-electron chi connectivity index (χ0n) is 14.0. The Balaban J connectivity index is 2.57. The summed E-state index contributed by atoms with van der Waals surface area (Å²) in [5.41, 5.74) is 5.73. The van der Waals surface area contributed by atoms with Gasteiger partial charge < -0.3 is 20.5 Å². The Hall–Kier alpha value is -2.08. The summed E-state index contributed by atoms with van der Waals surface area (Å²) in [5, 5.41) is 2.55. The van der Waals surface area contributed by atoms with Gasteiger partial charge in [0.1, 0.15) is 18.2 Å². The number of esters is 1. The van der Waals surface area contributed by atoms with E-state index < -0.39 is 23.7 Å². The number of ether oxygens (including phenoxy) is 2. The molecule has 0 bridgehead atoms. The van der Waals surface area contributed by atoms with Crippen molar-refractivity contribution in [2.45, 2.75) is 51.9 Å². The molecule has 23 heavy (non-hydrogen) atoms. The third kappa shape index (κ3) is 8.21. The Bertz CT molecular complexity index is 497. The monoisotopic (exact) mass is 322 g/mol. The molecule has 0 aliphatic carbocycles. The molecule has 0 radical (unpaired) electrons. The van der Waals surface area contributed by atoms with Crippen molar-refractivity contribution in [2.75, 3.05) is 6.54 Å². The largest absolute Gasteiger partial charge is 0.459 e. The van der Waals surface area contributed by atoms with Crippen LogP contribution in [-0.4, -0.2) is 30.3 Å². The van der Waals surface area contributed by atoms with Crippen molar-refractivity contribution < 1.29 is 19.1 Å². The Kier molecular flexibility index (Phi) is 7.54. The van der Waals surface area contributed by atoms with Gasteiger partial charge in [0.25, 0.3) is 0 Å². The lowest BCUT2D eigenvalue weighted by molar-refractivity contribution is -0.147. The molecule has 0 aromatic heterocycles. The molecule has 1 aromatic rings. The summed E-state index contributed by atoms with van der Waals surface area (Å²) in [6.45, 7) is 5.87. The predicted octanol–water partition coefficient (Wildman–Crippen LogP) is 2.36. The van der Waals surface area contributed by atoms with Gasteiger partial charge in [-0.2, -0.15) is 0 Å². The third-order valence-corrected chi connectivity index (χ3v) is 2.90. The van der Waals surface area contributed by atoms with Crippen LogP contribution in [0.3, 0.4) is 0 Å². The smallest absolute Gasteiger partial charge is 0.408 e. The second-order valence-electron chi connectivity index (χ2n) is 6.22. The summed E-state index contributed by atoms with van der Waals surface area (Å²) >= 11 is 0. The van der Waals surface area contributed by atoms with Gasteiger partial charge in [-0.1, -0.05) is 30.3 Å². The number of hydrogen-bond acceptors (Lipinski definition) is 5. The normalized spacial score (nSPS) is 12.3. The second-order valence-corrected chi connectivity index (χ2v) is 6.22. The van der Waals surface area contributed by atoms with E-state index in [0.29, 0.717) is 19.4 Å².